The number of benzene rings is 1. The van der Waals surface area contributed by atoms with Gasteiger partial charge < -0.3 is 16.0 Å². The molecular formula is C19H31IN4. The van der Waals surface area contributed by atoms with E-state index in [4.69, 9.17) is 5.73 Å². The maximum absolute atomic E-state index is 6.10. The lowest BCUT2D eigenvalue weighted by Crippen LogP contribution is -2.35. The van der Waals surface area contributed by atoms with Crippen LogP contribution in [-0.4, -0.2) is 37.0 Å². The zero-order valence-electron chi connectivity index (χ0n) is 14.8. The summed E-state index contributed by atoms with van der Waals surface area (Å²) in [6.07, 6.45) is 7.54. The van der Waals surface area contributed by atoms with Gasteiger partial charge in [-0.05, 0) is 74.7 Å². The lowest BCUT2D eigenvalue weighted by molar-refractivity contribution is 0.197. The first-order chi connectivity index (χ1) is 11.2. The number of rotatable bonds is 4. The molecule has 0 saturated carbocycles. The molecule has 0 amide bonds. The fourth-order valence-corrected chi connectivity index (χ4v) is 3.67. The fourth-order valence-electron chi connectivity index (χ4n) is 3.67. The van der Waals surface area contributed by atoms with Crippen LogP contribution < -0.4 is 11.1 Å². The van der Waals surface area contributed by atoms with E-state index >= 15 is 0 Å². The molecule has 1 aliphatic carbocycles. The number of nitrogens with one attached hydrogen (secondary N) is 1. The fraction of sp³-hybridized carbons (Fsp3) is 0.632. The van der Waals surface area contributed by atoms with Crippen molar-refractivity contribution in [2.45, 2.75) is 45.4 Å². The minimum Gasteiger partial charge on any atom is -0.370 e. The smallest absolute Gasteiger partial charge is 0.193 e. The summed E-state index contributed by atoms with van der Waals surface area (Å²) in [6.45, 7) is 6.55. The molecule has 0 unspecified atom stereocenters. The Hall–Kier alpha value is -0.820. The van der Waals surface area contributed by atoms with E-state index in [-0.39, 0.29) is 24.0 Å². The van der Waals surface area contributed by atoms with Crippen LogP contribution in [0.3, 0.4) is 0 Å². The molecule has 1 saturated heterocycles. The Morgan fingerprint density at radius 2 is 2.00 bits per heavy atom. The van der Waals surface area contributed by atoms with E-state index in [0.717, 1.165) is 31.1 Å². The third-order valence-corrected chi connectivity index (χ3v) is 5.23. The highest BCUT2D eigenvalue weighted by atomic mass is 127. The molecule has 3 rings (SSSR count). The van der Waals surface area contributed by atoms with Crippen LogP contribution in [0, 0.1) is 5.92 Å². The zero-order chi connectivity index (χ0) is 16.1. The Bertz CT molecular complexity index is 550. The Morgan fingerprint density at radius 3 is 2.79 bits per heavy atom. The van der Waals surface area contributed by atoms with Crippen molar-refractivity contribution in [2.24, 2.45) is 16.6 Å². The molecule has 1 fully saturated rings. The van der Waals surface area contributed by atoms with Crippen LogP contribution in [0.5, 0.6) is 0 Å². The monoisotopic (exact) mass is 442 g/mol. The van der Waals surface area contributed by atoms with E-state index in [0.29, 0.717) is 5.96 Å². The first-order valence-corrected chi connectivity index (χ1v) is 9.12. The topological polar surface area (TPSA) is 53.6 Å². The predicted octanol–water partition coefficient (Wildman–Crippen LogP) is 3.64. The van der Waals surface area contributed by atoms with Crippen LogP contribution in [0.25, 0.3) is 0 Å². The van der Waals surface area contributed by atoms with Gasteiger partial charge in [0.15, 0.2) is 5.96 Å². The highest BCUT2D eigenvalue weighted by Gasteiger charge is 2.15. The molecule has 1 aromatic carbocycles. The van der Waals surface area contributed by atoms with E-state index in [1.165, 1.54) is 56.3 Å². The van der Waals surface area contributed by atoms with E-state index in [9.17, 15) is 0 Å². The van der Waals surface area contributed by atoms with E-state index in [2.05, 4.69) is 40.3 Å². The number of hydrogen-bond acceptors (Lipinski definition) is 2. The lowest BCUT2D eigenvalue weighted by Gasteiger charge is -2.29. The van der Waals surface area contributed by atoms with Gasteiger partial charge in [0.2, 0.25) is 0 Å². The van der Waals surface area contributed by atoms with Crippen molar-refractivity contribution < 1.29 is 0 Å². The second-order valence-corrected chi connectivity index (χ2v) is 7.07. The maximum Gasteiger partial charge on any atom is 0.193 e. The summed E-state index contributed by atoms with van der Waals surface area (Å²) in [4.78, 5) is 7.02. The van der Waals surface area contributed by atoms with Crippen LogP contribution in [0.15, 0.2) is 23.2 Å². The van der Waals surface area contributed by atoms with Gasteiger partial charge in [-0.15, -0.1) is 24.0 Å². The molecular weight excluding hydrogens is 411 g/mol. The molecule has 3 N–H and O–H groups in total. The summed E-state index contributed by atoms with van der Waals surface area (Å²) in [5.74, 6) is 1.43. The Balaban J connectivity index is 0.00000208. The summed E-state index contributed by atoms with van der Waals surface area (Å²) in [5.41, 5.74) is 10.1. The second kappa shape index (κ2) is 9.61. The molecule has 24 heavy (non-hydrogen) atoms. The summed E-state index contributed by atoms with van der Waals surface area (Å²) in [7, 11) is 0. The number of likely N-dealkylation sites (tertiary alicyclic amines) is 1. The third kappa shape index (κ3) is 5.34. The molecule has 1 aliphatic heterocycles. The number of piperidine rings is 1. The number of aliphatic imine (C=N–C) groups is 1. The molecule has 0 radical (unpaired) electrons. The van der Waals surface area contributed by atoms with Gasteiger partial charge in [-0.3, -0.25) is 4.99 Å². The van der Waals surface area contributed by atoms with Crippen molar-refractivity contribution in [3.8, 4) is 0 Å². The van der Waals surface area contributed by atoms with Crippen molar-refractivity contribution in [2.75, 3.05) is 31.5 Å². The van der Waals surface area contributed by atoms with Gasteiger partial charge in [0.25, 0.3) is 0 Å². The number of guanidine groups is 1. The van der Waals surface area contributed by atoms with Crippen LogP contribution >= 0.6 is 24.0 Å². The number of nitrogens with two attached hydrogens (primary N) is 1. The normalized spacial score (nSPS) is 19.5. The largest absolute Gasteiger partial charge is 0.370 e. The van der Waals surface area contributed by atoms with Crippen molar-refractivity contribution >= 4 is 35.6 Å². The number of hydrogen-bond donors (Lipinski definition) is 2. The Labute approximate surface area is 163 Å². The van der Waals surface area contributed by atoms with Gasteiger partial charge in [-0.1, -0.05) is 19.1 Å². The number of aryl methyl sites for hydroxylation is 1. The minimum atomic E-state index is 0. The molecule has 2 aliphatic rings. The SMILES string of the molecule is CC1CCN(CCN=C(N)Nc2cccc3c2CCCC3)CC1.I. The van der Waals surface area contributed by atoms with Crippen LogP contribution in [-0.2, 0) is 12.8 Å². The summed E-state index contributed by atoms with van der Waals surface area (Å²) in [5, 5.41) is 3.32. The maximum atomic E-state index is 6.10. The zero-order valence-corrected chi connectivity index (χ0v) is 17.1. The molecule has 0 spiro atoms. The summed E-state index contributed by atoms with van der Waals surface area (Å²) in [6, 6.07) is 6.48. The molecule has 1 heterocycles. The van der Waals surface area contributed by atoms with Crippen molar-refractivity contribution in [1.29, 1.82) is 0 Å². The number of fused-ring (bicyclic) bond motifs is 1. The molecule has 134 valence electrons. The quantitative estimate of drug-likeness (QED) is 0.425. The van der Waals surface area contributed by atoms with E-state index in [1.54, 1.807) is 0 Å². The van der Waals surface area contributed by atoms with Gasteiger partial charge in [-0.2, -0.15) is 0 Å². The van der Waals surface area contributed by atoms with Crippen molar-refractivity contribution in [1.82, 2.24) is 4.90 Å². The summed E-state index contributed by atoms with van der Waals surface area (Å²) >= 11 is 0. The molecule has 0 aromatic heterocycles. The lowest BCUT2D eigenvalue weighted by atomic mass is 9.90. The standard InChI is InChI=1S/C19H30N4.HI/c1-15-9-12-23(13-10-15)14-11-21-19(20)22-18-8-4-6-16-5-2-3-7-17(16)18;/h4,6,8,15H,2-3,5,7,9-14H2,1H3,(H3,20,21,22);1H. The van der Waals surface area contributed by atoms with Crippen LogP contribution in [0.1, 0.15) is 43.7 Å². The van der Waals surface area contributed by atoms with Gasteiger partial charge in [-0.25, -0.2) is 0 Å². The number of nitrogens with zero attached hydrogens (tertiary/aromatic N) is 2. The Morgan fingerprint density at radius 1 is 1.25 bits per heavy atom. The second-order valence-electron chi connectivity index (χ2n) is 7.07. The first kappa shape index (κ1) is 19.5. The highest BCUT2D eigenvalue weighted by molar-refractivity contribution is 14.0. The van der Waals surface area contributed by atoms with Gasteiger partial charge >= 0.3 is 0 Å². The number of anilines is 1. The summed E-state index contributed by atoms with van der Waals surface area (Å²) < 4.78 is 0. The first-order valence-electron chi connectivity index (χ1n) is 9.12. The average molecular weight is 442 g/mol. The molecule has 0 bridgehead atoms. The molecule has 1 aromatic rings. The van der Waals surface area contributed by atoms with Crippen LogP contribution in [0.2, 0.25) is 0 Å². The van der Waals surface area contributed by atoms with Gasteiger partial charge in [0.05, 0.1) is 6.54 Å². The average Bonchev–Trinajstić information content (AvgIpc) is 2.57. The van der Waals surface area contributed by atoms with Crippen molar-refractivity contribution in [3.63, 3.8) is 0 Å². The van der Waals surface area contributed by atoms with Crippen LogP contribution in [0.4, 0.5) is 5.69 Å². The van der Waals surface area contributed by atoms with Crippen molar-refractivity contribution in [3.05, 3.63) is 29.3 Å². The highest BCUT2D eigenvalue weighted by Crippen LogP contribution is 2.27. The predicted molar refractivity (Wildman–Crippen MR) is 113 cm³/mol. The van der Waals surface area contributed by atoms with E-state index < -0.39 is 0 Å². The van der Waals surface area contributed by atoms with Gasteiger partial charge in [0.1, 0.15) is 0 Å². The van der Waals surface area contributed by atoms with E-state index in [1.807, 2.05) is 0 Å². The van der Waals surface area contributed by atoms with Gasteiger partial charge in [0, 0.05) is 12.2 Å². The molecule has 5 heteroatoms. The molecule has 0 atom stereocenters. The molecule has 4 nitrogen and oxygen atoms in total. The number of halogens is 1. The Kier molecular flexibility index (Phi) is 7.81. The third-order valence-electron chi connectivity index (χ3n) is 5.23. The minimum absolute atomic E-state index is 0.